The highest BCUT2D eigenvalue weighted by atomic mass is 79.9. The molecule has 0 unspecified atom stereocenters. The van der Waals surface area contributed by atoms with Crippen molar-refractivity contribution < 1.29 is 27.1 Å². The Bertz CT molecular complexity index is 1420. The number of hydrogen-bond acceptors (Lipinski definition) is 5. The van der Waals surface area contributed by atoms with Gasteiger partial charge in [0.25, 0.3) is 10.0 Å². The van der Waals surface area contributed by atoms with Crippen LogP contribution >= 0.6 is 15.9 Å². The van der Waals surface area contributed by atoms with Crippen LogP contribution in [0.1, 0.15) is 39.7 Å². The molecule has 0 heterocycles. The molecule has 0 aromatic heterocycles. The van der Waals surface area contributed by atoms with Crippen molar-refractivity contribution in [1.82, 2.24) is 10.2 Å². The Morgan fingerprint density at radius 3 is 2.12 bits per heavy atom. The van der Waals surface area contributed by atoms with Crippen molar-refractivity contribution in [2.45, 2.75) is 57.6 Å². The molecule has 0 bridgehead atoms. The van der Waals surface area contributed by atoms with Crippen LogP contribution in [0.2, 0.25) is 0 Å². The molecule has 0 saturated heterocycles. The first-order chi connectivity index (χ1) is 19.5. The molecule has 2 amide bonds. The van der Waals surface area contributed by atoms with Gasteiger partial charge in [0.2, 0.25) is 11.8 Å². The molecule has 0 aliphatic rings. The van der Waals surface area contributed by atoms with Gasteiger partial charge in [-0.1, -0.05) is 35.0 Å². The third-order valence-corrected chi connectivity index (χ3v) is 8.87. The quantitative estimate of drug-likeness (QED) is 0.264. The summed E-state index contributed by atoms with van der Waals surface area (Å²) in [6, 6.07) is 17.0. The molecular weight excluding hydrogens is 613 g/mol. The second-order valence-corrected chi connectivity index (χ2v) is 12.3. The highest BCUT2D eigenvalue weighted by molar-refractivity contribution is 9.10. The van der Waals surface area contributed by atoms with Gasteiger partial charge in [0.15, 0.2) is 0 Å². The number of benzene rings is 3. The fourth-order valence-electron chi connectivity index (χ4n) is 3.97. The molecule has 1 N–H and O–H groups in total. The molecule has 3 aromatic carbocycles. The van der Waals surface area contributed by atoms with Crippen molar-refractivity contribution in [3.05, 3.63) is 88.6 Å². The van der Waals surface area contributed by atoms with E-state index in [4.69, 9.17) is 4.74 Å². The van der Waals surface area contributed by atoms with Crippen LogP contribution in [-0.2, 0) is 26.2 Å². The maximum atomic E-state index is 13.9. The number of carbonyl (C=O) groups excluding carboxylic acids is 2. The Morgan fingerprint density at radius 1 is 0.951 bits per heavy atom. The van der Waals surface area contributed by atoms with Crippen molar-refractivity contribution in [3.63, 3.8) is 0 Å². The van der Waals surface area contributed by atoms with E-state index in [2.05, 4.69) is 21.2 Å². The predicted octanol–water partition coefficient (Wildman–Crippen LogP) is 5.51. The number of nitrogens with zero attached hydrogens (tertiary/aromatic N) is 2. The zero-order valence-corrected chi connectivity index (χ0v) is 25.9. The normalized spacial score (nSPS) is 12.7. The third kappa shape index (κ3) is 8.53. The largest absolute Gasteiger partial charge is 0.494 e. The lowest BCUT2D eigenvalue weighted by Gasteiger charge is -2.32. The number of carbonyl (C=O) groups is 2. The molecule has 0 aliphatic heterocycles. The molecule has 0 saturated carbocycles. The van der Waals surface area contributed by atoms with Crippen LogP contribution in [0.4, 0.5) is 10.1 Å². The molecule has 11 heteroatoms. The van der Waals surface area contributed by atoms with Gasteiger partial charge < -0.3 is 15.0 Å². The third-order valence-electron chi connectivity index (χ3n) is 6.55. The SMILES string of the molecule is CCOc1ccc(N(CC(=O)N(Cc2ccc(F)cc2)[C@@H](C)C(=O)N[C@@H](C)CC)S(=O)(=O)c2ccc(Br)cc2)cc1. The maximum absolute atomic E-state index is 13.9. The summed E-state index contributed by atoms with van der Waals surface area (Å²) in [6.45, 7) is 7.05. The van der Waals surface area contributed by atoms with Gasteiger partial charge in [-0.2, -0.15) is 0 Å². The first-order valence-electron chi connectivity index (χ1n) is 13.3. The minimum Gasteiger partial charge on any atom is -0.494 e. The molecule has 0 spiro atoms. The van der Waals surface area contributed by atoms with Crippen LogP contribution in [0.3, 0.4) is 0 Å². The lowest BCUT2D eigenvalue weighted by Crippen LogP contribution is -2.52. The van der Waals surface area contributed by atoms with E-state index in [9.17, 15) is 22.4 Å². The van der Waals surface area contributed by atoms with E-state index in [-0.39, 0.29) is 29.1 Å². The van der Waals surface area contributed by atoms with Crippen LogP contribution in [0.15, 0.2) is 82.2 Å². The highest BCUT2D eigenvalue weighted by Crippen LogP contribution is 2.27. The first kappa shape index (κ1) is 32.1. The summed E-state index contributed by atoms with van der Waals surface area (Å²) in [5.74, 6) is -0.859. The summed E-state index contributed by atoms with van der Waals surface area (Å²) in [5.41, 5.74) is 0.842. The van der Waals surface area contributed by atoms with Gasteiger partial charge in [0.1, 0.15) is 24.2 Å². The van der Waals surface area contributed by atoms with Gasteiger partial charge in [-0.05, 0) is 93.4 Å². The number of hydrogen-bond donors (Lipinski definition) is 1. The van der Waals surface area contributed by atoms with Crippen LogP contribution in [0.25, 0.3) is 0 Å². The summed E-state index contributed by atoms with van der Waals surface area (Å²) >= 11 is 3.32. The van der Waals surface area contributed by atoms with E-state index in [0.29, 0.717) is 28.8 Å². The number of amides is 2. The van der Waals surface area contributed by atoms with Crippen LogP contribution < -0.4 is 14.4 Å². The van der Waals surface area contributed by atoms with Gasteiger partial charge >= 0.3 is 0 Å². The fourth-order valence-corrected chi connectivity index (χ4v) is 5.65. The second-order valence-electron chi connectivity index (χ2n) is 9.53. The van der Waals surface area contributed by atoms with E-state index in [0.717, 1.165) is 4.31 Å². The van der Waals surface area contributed by atoms with Crippen molar-refractivity contribution >= 4 is 43.5 Å². The first-order valence-corrected chi connectivity index (χ1v) is 15.5. The fraction of sp³-hybridized carbons (Fsp3) is 0.333. The Kier molecular flexibility index (Phi) is 11.3. The summed E-state index contributed by atoms with van der Waals surface area (Å²) in [7, 11) is -4.20. The number of ether oxygens (including phenoxy) is 1. The molecule has 0 aliphatic carbocycles. The number of sulfonamides is 1. The summed E-state index contributed by atoms with van der Waals surface area (Å²) in [5, 5.41) is 2.88. The van der Waals surface area contributed by atoms with E-state index in [1.165, 1.54) is 41.3 Å². The average molecular weight is 649 g/mol. The Balaban J connectivity index is 2.02. The summed E-state index contributed by atoms with van der Waals surface area (Å²) in [4.78, 5) is 28.3. The molecular formula is C30H35BrFN3O5S. The van der Waals surface area contributed by atoms with E-state index >= 15 is 0 Å². The lowest BCUT2D eigenvalue weighted by atomic mass is 10.1. The monoisotopic (exact) mass is 647 g/mol. The molecule has 220 valence electrons. The van der Waals surface area contributed by atoms with Crippen LogP contribution in [0.5, 0.6) is 5.75 Å². The number of nitrogens with one attached hydrogen (secondary N) is 1. The summed E-state index contributed by atoms with van der Waals surface area (Å²) < 4.78 is 48.6. The Labute approximate surface area is 249 Å². The van der Waals surface area contributed by atoms with Crippen molar-refractivity contribution in [2.75, 3.05) is 17.5 Å². The van der Waals surface area contributed by atoms with Crippen molar-refractivity contribution in [1.29, 1.82) is 0 Å². The zero-order valence-electron chi connectivity index (χ0n) is 23.5. The van der Waals surface area contributed by atoms with E-state index < -0.39 is 34.3 Å². The minimum atomic E-state index is -4.20. The molecule has 8 nitrogen and oxygen atoms in total. The van der Waals surface area contributed by atoms with E-state index in [1.54, 1.807) is 43.3 Å². The molecule has 41 heavy (non-hydrogen) atoms. The van der Waals surface area contributed by atoms with Crippen molar-refractivity contribution in [2.24, 2.45) is 0 Å². The predicted molar refractivity (Wildman–Crippen MR) is 161 cm³/mol. The van der Waals surface area contributed by atoms with Gasteiger partial charge in [0.05, 0.1) is 17.2 Å². The molecule has 3 aromatic rings. The Hall–Kier alpha value is -3.44. The number of halogens is 2. The van der Waals surface area contributed by atoms with Gasteiger partial charge in [-0.25, -0.2) is 12.8 Å². The lowest BCUT2D eigenvalue weighted by molar-refractivity contribution is -0.139. The standard InChI is InChI=1S/C30H35BrFN3O5S/c1-5-21(3)33-30(37)22(4)34(19-23-7-11-25(32)12-8-23)29(36)20-35(26-13-15-27(16-14-26)40-6-2)41(38,39)28-17-9-24(31)10-18-28/h7-18,21-22H,5-6,19-20H2,1-4H3,(H,33,37)/t21-,22-/m0/s1. The van der Waals surface area contributed by atoms with Crippen LogP contribution in [-0.4, -0.2) is 50.4 Å². The van der Waals surface area contributed by atoms with Gasteiger partial charge in [0, 0.05) is 17.1 Å². The van der Waals surface area contributed by atoms with Crippen LogP contribution in [0, 0.1) is 5.82 Å². The molecule has 2 atom stereocenters. The topological polar surface area (TPSA) is 96.0 Å². The average Bonchev–Trinajstić information content (AvgIpc) is 2.95. The number of anilines is 1. The smallest absolute Gasteiger partial charge is 0.264 e. The van der Waals surface area contributed by atoms with Gasteiger partial charge in [-0.3, -0.25) is 13.9 Å². The minimum absolute atomic E-state index is 0.00460. The number of rotatable bonds is 13. The van der Waals surface area contributed by atoms with Gasteiger partial charge in [-0.15, -0.1) is 0 Å². The van der Waals surface area contributed by atoms with Crippen molar-refractivity contribution in [3.8, 4) is 5.75 Å². The zero-order chi connectivity index (χ0) is 30.2. The highest BCUT2D eigenvalue weighted by Gasteiger charge is 2.32. The second kappa shape index (κ2) is 14.5. The molecule has 3 rings (SSSR count). The molecule has 0 fully saturated rings. The molecule has 0 radical (unpaired) electrons. The summed E-state index contributed by atoms with van der Waals surface area (Å²) in [6.07, 6.45) is 0.696. The van der Waals surface area contributed by atoms with E-state index in [1.807, 2.05) is 20.8 Å². The maximum Gasteiger partial charge on any atom is 0.264 e. The Morgan fingerprint density at radius 2 is 1.56 bits per heavy atom.